The van der Waals surface area contributed by atoms with E-state index >= 15 is 0 Å². The van der Waals surface area contributed by atoms with Crippen LogP contribution in [0.5, 0.6) is 0 Å². The van der Waals surface area contributed by atoms with Crippen LogP contribution < -0.4 is 0 Å². The van der Waals surface area contributed by atoms with Gasteiger partial charge in [0.15, 0.2) is 6.23 Å². The van der Waals surface area contributed by atoms with Gasteiger partial charge in [-0.05, 0) is 54.0 Å². The van der Waals surface area contributed by atoms with Crippen LogP contribution in [0.3, 0.4) is 0 Å². The van der Waals surface area contributed by atoms with Crippen LogP contribution in [0.4, 0.5) is 4.39 Å². The Kier molecular flexibility index (Phi) is 5.32. The zero-order chi connectivity index (χ0) is 21.7. The molecule has 0 spiro atoms. The molecule has 0 radical (unpaired) electrons. The third-order valence-corrected chi connectivity index (χ3v) is 6.45. The molecule has 5 atom stereocenters. The number of aromatic nitrogens is 1. The first-order valence-electron chi connectivity index (χ1n) is 10.6. The molecule has 1 aliphatic carbocycles. The first-order valence-corrected chi connectivity index (χ1v) is 10.6. The van der Waals surface area contributed by atoms with Gasteiger partial charge in [0.25, 0.3) is 0 Å². The van der Waals surface area contributed by atoms with Crippen LogP contribution in [-0.4, -0.2) is 56.0 Å². The summed E-state index contributed by atoms with van der Waals surface area (Å²) in [7, 11) is 0. The highest BCUT2D eigenvalue weighted by atomic mass is 19.1. The van der Waals surface area contributed by atoms with Crippen molar-refractivity contribution in [2.45, 2.75) is 55.8 Å². The van der Waals surface area contributed by atoms with E-state index in [1.807, 2.05) is 0 Å². The molecule has 5 rings (SSSR count). The van der Waals surface area contributed by atoms with Gasteiger partial charge in [0, 0.05) is 11.6 Å². The number of hydrogen-bond acceptors (Lipinski definition) is 5. The molecule has 1 saturated carbocycles. The molecule has 0 bridgehead atoms. The second-order valence-electron chi connectivity index (χ2n) is 8.61. The Morgan fingerprint density at radius 1 is 0.968 bits per heavy atom. The van der Waals surface area contributed by atoms with Crippen molar-refractivity contribution in [3.05, 3.63) is 71.2 Å². The van der Waals surface area contributed by atoms with Gasteiger partial charge in [-0.25, -0.2) is 4.39 Å². The van der Waals surface area contributed by atoms with Gasteiger partial charge in [-0.2, -0.15) is 0 Å². The normalized spacial score (nSPS) is 28.9. The molecule has 3 aromatic rings. The van der Waals surface area contributed by atoms with Gasteiger partial charge in [-0.15, -0.1) is 0 Å². The SMILES string of the molecule is OC[C@H]1OC(n2cc(Cc3ccc(C4CC4)cc3)c3c(F)cccc32)C(O)C(O)[C@@H]1O. The average molecular weight is 427 g/mol. The number of benzene rings is 2. The summed E-state index contributed by atoms with van der Waals surface area (Å²) in [6.45, 7) is -0.519. The van der Waals surface area contributed by atoms with Gasteiger partial charge in [0.05, 0.1) is 12.1 Å². The molecule has 1 saturated heterocycles. The predicted octanol–water partition coefficient (Wildman–Crippen LogP) is 2.22. The van der Waals surface area contributed by atoms with Crippen molar-refractivity contribution in [2.75, 3.05) is 6.61 Å². The molecule has 31 heavy (non-hydrogen) atoms. The summed E-state index contributed by atoms with van der Waals surface area (Å²) < 4.78 is 22.1. The fourth-order valence-corrected chi connectivity index (χ4v) is 4.55. The van der Waals surface area contributed by atoms with Gasteiger partial charge < -0.3 is 29.7 Å². The molecule has 3 unspecified atom stereocenters. The number of fused-ring (bicyclic) bond motifs is 1. The Balaban J connectivity index is 1.53. The molecule has 7 heteroatoms. The molecular weight excluding hydrogens is 401 g/mol. The van der Waals surface area contributed by atoms with Crippen LogP contribution in [0, 0.1) is 5.82 Å². The minimum absolute atomic E-state index is 0.384. The molecule has 2 aromatic carbocycles. The monoisotopic (exact) mass is 427 g/mol. The zero-order valence-electron chi connectivity index (χ0n) is 16.9. The van der Waals surface area contributed by atoms with Crippen molar-refractivity contribution in [1.82, 2.24) is 4.57 Å². The second kappa shape index (κ2) is 8.00. The summed E-state index contributed by atoms with van der Waals surface area (Å²) in [5, 5.41) is 40.8. The van der Waals surface area contributed by atoms with Gasteiger partial charge >= 0.3 is 0 Å². The number of nitrogens with zero attached hydrogens (tertiary/aromatic N) is 1. The number of rotatable bonds is 5. The van der Waals surface area contributed by atoms with Gasteiger partial charge in [0.2, 0.25) is 0 Å². The van der Waals surface area contributed by atoms with Crippen LogP contribution in [0.1, 0.15) is 41.7 Å². The average Bonchev–Trinajstić information content (AvgIpc) is 3.56. The van der Waals surface area contributed by atoms with Gasteiger partial charge in [-0.1, -0.05) is 30.3 Å². The van der Waals surface area contributed by atoms with E-state index in [-0.39, 0.29) is 5.82 Å². The maximum atomic E-state index is 14.8. The van der Waals surface area contributed by atoms with Crippen molar-refractivity contribution >= 4 is 10.9 Å². The second-order valence-corrected chi connectivity index (χ2v) is 8.61. The highest BCUT2D eigenvalue weighted by Crippen LogP contribution is 2.40. The number of hydrogen-bond donors (Lipinski definition) is 4. The summed E-state index contributed by atoms with van der Waals surface area (Å²) in [6, 6.07) is 13.1. The number of aliphatic hydroxyl groups is 4. The minimum atomic E-state index is -1.50. The highest BCUT2D eigenvalue weighted by Gasteiger charge is 2.44. The topological polar surface area (TPSA) is 95.1 Å². The Morgan fingerprint density at radius 2 is 1.71 bits per heavy atom. The molecule has 164 valence electrons. The lowest BCUT2D eigenvalue weighted by molar-refractivity contribution is -0.250. The Morgan fingerprint density at radius 3 is 2.39 bits per heavy atom. The zero-order valence-corrected chi connectivity index (χ0v) is 16.9. The fraction of sp³-hybridized carbons (Fsp3) is 0.417. The molecular formula is C24H26FNO5. The van der Waals surface area contributed by atoms with Crippen molar-refractivity contribution in [3.63, 3.8) is 0 Å². The first-order chi connectivity index (χ1) is 15.0. The van der Waals surface area contributed by atoms with E-state index in [4.69, 9.17) is 4.74 Å². The highest BCUT2D eigenvalue weighted by molar-refractivity contribution is 5.85. The Hall–Kier alpha value is -2.29. The van der Waals surface area contributed by atoms with E-state index < -0.39 is 37.3 Å². The maximum Gasteiger partial charge on any atom is 0.163 e. The summed E-state index contributed by atoms with van der Waals surface area (Å²) in [6.07, 6.45) is -1.82. The predicted molar refractivity (Wildman–Crippen MR) is 112 cm³/mol. The smallest absolute Gasteiger partial charge is 0.163 e. The van der Waals surface area contributed by atoms with Gasteiger partial charge in [-0.3, -0.25) is 0 Å². The van der Waals surface area contributed by atoms with E-state index in [0.717, 1.165) is 11.1 Å². The lowest BCUT2D eigenvalue weighted by atomic mass is 9.98. The molecule has 0 amide bonds. The molecule has 2 heterocycles. The van der Waals surface area contributed by atoms with Crippen molar-refractivity contribution < 1.29 is 29.6 Å². The number of ether oxygens (including phenoxy) is 1. The Bertz CT molecular complexity index is 1080. The largest absolute Gasteiger partial charge is 0.394 e. The Labute approximate surface area is 179 Å². The summed E-state index contributed by atoms with van der Waals surface area (Å²) in [5.41, 5.74) is 3.61. The third-order valence-electron chi connectivity index (χ3n) is 6.45. The van der Waals surface area contributed by atoms with Crippen LogP contribution in [0.25, 0.3) is 10.9 Å². The quantitative estimate of drug-likeness (QED) is 0.501. The van der Waals surface area contributed by atoms with E-state index in [2.05, 4.69) is 24.3 Å². The molecule has 1 aromatic heterocycles. The van der Waals surface area contributed by atoms with E-state index in [9.17, 15) is 24.8 Å². The van der Waals surface area contributed by atoms with Crippen molar-refractivity contribution in [1.29, 1.82) is 0 Å². The van der Waals surface area contributed by atoms with E-state index in [1.54, 1.807) is 22.9 Å². The first kappa shape index (κ1) is 20.6. The van der Waals surface area contributed by atoms with E-state index in [0.29, 0.717) is 23.2 Å². The molecule has 1 aliphatic heterocycles. The van der Waals surface area contributed by atoms with Crippen LogP contribution in [0.2, 0.25) is 0 Å². The van der Waals surface area contributed by atoms with Crippen molar-refractivity contribution in [2.24, 2.45) is 0 Å². The van der Waals surface area contributed by atoms with Crippen LogP contribution in [-0.2, 0) is 11.2 Å². The summed E-state index contributed by atoms with van der Waals surface area (Å²) in [4.78, 5) is 0. The van der Waals surface area contributed by atoms with Gasteiger partial charge in [0.1, 0.15) is 30.2 Å². The number of halogens is 1. The minimum Gasteiger partial charge on any atom is -0.394 e. The molecule has 2 fully saturated rings. The maximum absolute atomic E-state index is 14.8. The standard InChI is InChI=1S/C24H26FNO5/c25-17-2-1-3-18-20(17)16(10-13-4-6-14(7-5-13)15-8-9-15)11-26(18)24-23(30)22(29)21(28)19(12-27)31-24/h1-7,11,15,19,21-24,27-30H,8-10,12H2/t19-,21-,22?,23?,24?/m1/s1. The summed E-state index contributed by atoms with van der Waals surface area (Å²) in [5.74, 6) is 0.282. The summed E-state index contributed by atoms with van der Waals surface area (Å²) >= 11 is 0. The molecule has 2 aliphatic rings. The van der Waals surface area contributed by atoms with Crippen LogP contribution >= 0.6 is 0 Å². The molecule has 4 N–H and O–H groups in total. The lowest BCUT2D eigenvalue weighted by Gasteiger charge is -2.40. The van der Waals surface area contributed by atoms with E-state index in [1.165, 1.54) is 24.5 Å². The van der Waals surface area contributed by atoms with Crippen LogP contribution in [0.15, 0.2) is 48.7 Å². The lowest BCUT2D eigenvalue weighted by Crippen LogP contribution is -2.56. The number of aliphatic hydroxyl groups excluding tert-OH is 4. The fourth-order valence-electron chi connectivity index (χ4n) is 4.55. The molecule has 6 nitrogen and oxygen atoms in total. The van der Waals surface area contributed by atoms with Crippen molar-refractivity contribution in [3.8, 4) is 0 Å². The third kappa shape index (κ3) is 3.66.